The number of ether oxygens (including phenoxy) is 1. The summed E-state index contributed by atoms with van der Waals surface area (Å²) in [6.45, 7) is 2.47. The number of epoxide rings is 1. The predicted molar refractivity (Wildman–Crippen MR) is 67.6 cm³/mol. The highest BCUT2D eigenvalue weighted by Crippen LogP contribution is 2.26. The highest BCUT2D eigenvalue weighted by Gasteiger charge is 2.36. The lowest BCUT2D eigenvalue weighted by Gasteiger charge is -2.00. The number of aliphatic hydroxyl groups excluding tert-OH is 1. The van der Waals surface area contributed by atoms with Gasteiger partial charge in [0.25, 0.3) is 0 Å². The molecule has 2 nitrogen and oxygen atoms in total. The maximum atomic E-state index is 8.79. The molecule has 1 fully saturated rings. The van der Waals surface area contributed by atoms with Crippen molar-refractivity contribution in [3.63, 3.8) is 0 Å². The Morgan fingerprint density at radius 2 is 1.38 bits per heavy atom. The fraction of sp³-hybridized carbons (Fsp3) is 1.00. The zero-order valence-electron chi connectivity index (χ0n) is 10.8. The Bertz CT molecular complexity index is 159. The molecule has 16 heavy (non-hydrogen) atoms. The van der Waals surface area contributed by atoms with E-state index in [9.17, 15) is 0 Å². The predicted octanol–water partition coefficient (Wildman–Crippen LogP) is 3.67. The Hall–Kier alpha value is -0.0800. The fourth-order valence-corrected chi connectivity index (χ4v) is 2.25. The zero-order valence-corrected chi connectivity index (χ0v) is 10.8. The van der Waals surface area contributed by atoms with Gasteiger partial charge < -0.3 is 9.84 Å². The van der Waals surface area contributed by atoms with Crippen molar-refractivity contribution in [2.24, 2.45) is 0 Å². The lowest BCUT2D eigenvalue weighted by Crippen LogP contribution is -1.98. The molecule has 96 valence electrons. The average Bonchev–Trinajstić information content (AvgIpc) is 3.05. The zero-order chi connectivity index (χ0) is 11.6. The Balaban J connectivity index is 1.69. The largest absolute Gasteiger partial charge is 0.394 e. The lowest BCUT2D eigenvalue weighted by atomic mass is 10.1. The van der Waals surface area contributed by atoms with Crippen LogP contribution in [0.2, 0.25) is 0 Å². The molecule has 0 spiro atoms. The summed E-state index contributed by atoms with van der Waals surface area (Å²) in [7, 11) is 0. The van der Waals surface area contributed by atoms with Gasteiger partial charge in [-0.15, -0.1) is 0 Å². The SMILES string of the molecule is CCCCCCCCCCC[C@@H]1O[C@@H]1CO. The number of aliphatic hydroxyl groups is 1. The lowest BCUT2D eigenvalue weighted by molar-refractivity contribution is 0.241. The maximum Gasteiger partial charge on any atom is 0.107 e. The quantitative estimate of drug-likeness (QED) is 0.432. The van der Waals surface area contributed by atoms with Gasteiger partial charge in [-0.3, -0.25) is 0 Å². The number of hydrogen-bond acceptors (Lipinski definition) is 2. The summed E-state index contributed by atoms with van der Waals surface area (Å²) in [6, 6.07) is 0. The third-order valence-electron chi connectivity index (χ3n) is 3.46. The molecule has 1 heterocycles. The minimum absolute atomic E-state index is 0.175. The van der Waals surface area contributed by atoms with Crippen LogP contribution in [0, 0.1) is 0 Å². The van der Waals surface area contributed by atoms with Crippen LogP contribution >= 0.6 is 0 Å². The first kappa shape index (κ1) is 14.0. The molecule has 2 atom stereocenters. The van der Waals surface area contributed by atoms with Gasteiger partial charge in [0.2, 0.25) is 0 Å². The third kappa shape index (κ3) is 6.49. The van der Waals surface area contributed by atoms with Crippen molar-refractivity contribution in [3.8, 4) is 0 Å². The summed E-state index contributed by atoms with van der Waals surface area (Å²) in [6.07, 6.45) is 14.1. The molecule has 1 rings (SSSR count). The summed E-state index contributed by atoms with van der Waals surface area (Å²) in [5.74, 6) is 0. The van der Waals surface area contributed by atoms with Crippen LogP contribution in [0.15, 0.2) is 0 Å². The van der Waals surface area contributed by atoms with E-state index in [2.05, 4.69) is 6.92 Å². The van der Waals surface area contributed by atoms with Gasteiger partial charge in [0, 0.05) is 0 Å². The number of hydrogen-bond donors (Lipinski definition) is 1. The molecule has 0 aromatic rings. The second-order valence-corrected chi connectivity index (χ2v) is 5.01. The molecule has 0 saturated carbocycles. The first-order valence-electron chi connectivity index (χ1n) is 7.14. The fourth-order valence-electron chi connectivity index (χ4n) is 2.25. The van der Waals surface area contributed by atoms with Crippen LogP contribution in [0.3, 0.4) is 0 Å². The van der Waals surface area contributed by atoms with E-state index in [1.165, 1.54) is 57.8 Å². The van der Waals surface area contributed by atoms with Gasteiger partial charge in [-0.2, -0.15) is 0 Å². The van der Waals surface area contributed by atoms with Crippen LogP contribution < -0.4 is 0 Å². The Morgan fingerprint density at radius 3 is 1.88 bits per heavy atom. The molecule has 1 aliphatic rings. The highest BCUT2D eigenvalue weighted by atomic mass is 16.6. The van der Waals surface area contributed by atoms with Crippen LogP contribution in [-0.4, -0.2) is 23.9 Å². The second kappa shape index (κ2) is 9.00. The average molecular weight is 228 g/mol. The molecule has 0 bridgehead atoms. The minimum atomic E-state index is 0.175. The Kier molecular flexibility index (Phi) is 7.87. The first-order chi connectivity index (χ1) is 7.88. The maximum absolute atomic E-state index is 8.79. The van der Waals surface area contributed by atoms with E-state index in [4.69, 9.17) is 9.84 Å². The van der Waals surface area contributed by atoms with Crippen molar-refractivity contribution < 1.29 is 9.84 Å². The Labute approximate surface area is 100 Å². The van der Waals surface area contributed by atoms with Crippen molar-refractivity contribution in [3.05, 3.63) is 0 Å². The van der Waals surface area contributed by atoms with Crippen LogP contribution in [0.4, 0.5) is 0 Å². The van der Waals surface area contributed by atoms with Crippen molar-refractivity contribution in [1.29, 1.82) is 0 Å². The molecular formula is C14H28O2. The molecule has 0 aliphatic carbocycles. The molecule has 1 N–H and O–H groups in total. The minimum Gasteiger partial charge on any atom is -0.394 e. The monoisotopic (exact) mass is 228 g/mol. The van der Waals surface area contributed by atoms with Crippen molar-refractivity contribution >= 4 is 0 Å². The van der Waals surface area contributed by atoms with E-state index >= 15 is 0 Å². The summed E-state index contributed by atoms with van der Waals surface area (Å²) in [5, 5.41) is 8.79. The van der Waals surface area contributed by atoms with Crippen molar-refractivity contribution in [2.45, 2.75) is 83.3 Å². The molecule has 1 aliphatic heterocycles. The highest BCUT2D eigenvalue weighted by molar-refractivity contribution is 4.83. The van der Waals surface area contributed by atoms with E-state index in [-0.39, 0.29) is 12.7 Å². The summed E-state index contributed by atoms with van der Waals surface area (Å²) in [5.41, 5.74) is 0. The Morgan fingerprint density at radius 1 is 0.812 bits per heavy atom. The first-order valence-corrected chi connectivity index (χ1v) is 7.14. The second-order valence-electron chi connectivity index (χ2n) is 5.01. The topological polar surface area (TPSA) is 32.8 Å². The molecular weight excluding hydrogens is 200 g/mol. The molecule has 0 aromatic carbocycles. The van der Waals surface area contributed by atoms with Gasteiger partial charge >= 0.3 is 0 Å². The molecule has 0 unspecified atom stereocenters. The van der Waals surface area contributed by atoms with Crippen molar-refractivity contribution in [1.82, 2.24) is 0 Å². The van der Waals surface area contributed by atoms with E-state index in [1.54, 1.807) is 0 Å². The van der Waals surface area contributed by atoms with Crippen LogP contribution in [0.25, 0.3) is 0 Å². The van der Waals surface area contributed by atoms with Gasteiger partial charge in [0.15, 0.2) is 0 Å². The summed E-state index contributed by atoms with van der Waals surface area (Å²) >= 11 is 0. The number of unbranched alkanes of at least 4 members (excludes halogenated alkanes) is 8. The molecule has 0 aromatic heterocycles. The summed E-state index contributed by atoms with van der Waals surface area (Å²) < 4.78 is 5.29. The van der Waals surface area contributed by atoms with E-state index < -0.39 is 0 Å². The van der Waals surface area contributed by atoms with Gasteiger partial charge in [-0.05, 0) is 6.42 Å². The van der Waals surface area contributed by atoms with Gasteiger partial charge in [-0.25, -0.2) is 0 Å². The summed E-state index contributed by atoms with van der Waals surface area (Å²) in [4.78, 5) is 0. The van der Waals surface area contributed by atoms with Crippen LogP contribution in [-0.2, 0) is 4.74 Å². The normalized spacial score (nSPS) is 23.6. The number of rotatable bonds is 11. The van der Waals surface area contributed by atoms with Crippen LogP contribution in [0.5, 0.6) is 0 Å². The smallest absolute Gasteiger partial charge is 0.107 e. The van der Waals surface area contributed by atoms with Crippen LogP contribution in [0.1, 0.15) is 71.1 Å². The van der Waals surface area contributed by atoms with E-state index in [0.717, 1.165) is 6.42 Å². The molecule has 0 radical (unpaired) electrons. The molecule has 2 heteroatoms. The van der Waals surface area contributed by atoms with Gasteiger partial charge in [0.05, 0.1) is 12.7 Å². The molecule has 0 amide bonds. The van der Waals surface area contributed by atoms with Gasteiger partial charge in [-0.1, -0.05) is 64.7 Å². The van der Waals surface area contributed by atoms with Gasteiger partial charge in [0.1, 0.15) is 6.10 Å². The van der Waals surface area contributed by atoms with E-state index in [0.29, 0.717) is 6.10 Å². The third-order valence-corrected chi connectivity index (χ3v) is 3.46. The molecule has 1 saturated heterocycles. The van der Waals surface area contributed by atoms with Crippen molar-refractivity contribution in [2.75, 3.05) is 6.61 Å². The van der Waals surface area contributed by atoms with E-state index in [1.807, 2.05) is 0 Å². The standard InChI is InChI=1S/C14H28O2/c1-2-3-4-5-6-7-8-9-10-11-13-14(12-15)16-13/h13-15H,2-12H2,1H3/t13-,14+/m0/s1.